The molecule has 1 fully saturated rings. The zero-order chi connectivity index (χ0) is 19.3. The predicted octanol–water partition coefficient (Wildman–Crippen LogP) is 1.89. The minimum absolute atomic E-state index is 0.0157. The highest BCUT2D eigenvalue weighted by atomic mass is 16.6. The third kappa shape index (κ3) is 4.08. The van der Waals surface area contributed by atoms with Crippen molar-refractivity contribution in [1.82, 2.24) is 15.2 Å². The molecule has 3 heterocycles. The molecule has 7 heteroatoms. The second-order valence-corrected chi connectivity index (χ2v) is 7.09. The van der Waals surface area contributed by atoms with Gasteiger partial charge in [0.05, 0.1) is 5.56 Å². The zero-order valence-electron chi connectivity index (χ0n) is 15.5. The summed E-state index contributed by atoms with van der Waals surface area (Å²) in [6, 6.07) is 10.9. The van der Waals surface area contributed by atoms with Gasteiger partial charge in [0, 0.05) is 32.0 Å². The van der Waals surface area contributed by atoms with Gasteiger partial charge in [-0.05, 0) is 43.0 Å². The summed E-state index contributed by atoms with van der Waals surface area (Å²) in [5.74, 6) is 1.46. The van der Waals surface area contributed by atoms with Gasteiger partial charge in [-0.1, -0.05) is 12.1 Å². The van der Waals surface area contributed by atoms with E-state index < -0.39 is 6.10 Å². The van der Waals surface area contributed by atoms with E-state index in [0.717, 1.165) is 12.8 Å². The number of likely N-dealkylation sites (tertiary alicyclic amines) is 1. The van der Waals surface area contributed by atoms with Crippen molar-refractivity contribution < 1.29 is 19.1 Å². The topological polar surface area (TPSA) is 80.8 Å². The van der Waals surface area contributed by atoms with Crippen molar-refractivity contribution in [3.05, 3.63) is 54.4 Å². The van der Waals surface area contributed by atoms with Crippen LogP contribution in [0.3, 0.4) is 0 Å². The summed E-state index contributed by atoms with van der Waals surface area (Å²) in [6.07, 6.45) is 4.33. The molecule has 2 amide bonds. The molecule has 0 radical (unpaired) electrons. The summed E-state index contributed by atoms with van der Waals surface area (Å²) in [5, 5.41) is 2.97. The third-order valence-electron chi connectivity index (χ3n) is 5.18. The van der Waals surface area contributed by atoms with Crippen molar-refractivity contribution in [1.29, 1.82) is 0 Å². The first-order valence-electron chi connectivity index (χ1n) is 9.56. The Labute approximate surface area is 163 Å². The first-order valence-corrected chi connectivity index (χ1v) is 9.56. The van der Waals surface area contributed by atoms with Gasteiger partial charge >= 0.3 is 0 Å². The van der Waals surface area contributed by atoms with Crippen LogP contribution in [0.4, 0.5) is 0 Å². The Hall–Kier alpha value is -3.09. The molecule has 2 aliphatic heterocycles. The minimum Gasteiger partial charge on any atom is -0.485 e. The zero-order valence-corrected chi connectivity index (χ0v) is 15.5. The Morgan fingerprint density at radius 2 is 1.89 bits per heavy atom. The molecule has 1 unspecified atom stereocenters. The fourth-order valence-corrected chi connectivity index (χ4v) is 3.52. The molecule has 7 nitrogen and oxygen atoms in total. The van der Waals surface area contributed by atoms with E-state index >= 15 is 0 Å². The molecule has 0 saturated carbocycles. The Kier molecular flexibility index (Phi) is 5.41. The molecular formula is C21H23N3O4. The number of amides is 2. The maximum absolute atomic E-state index is 12.5. The van der Waals surface area contributed by atoms with E-state index in [1.54, 1.807) is 30.6 Å². The lowest BCUT2D eigenvalue weighted by molar-refractivity contribution is -0.130. The molecule has 1 aromatic carbocycles. The van der Waals surface area contributed by atoms with Crippen LogP contribution < -0.4 is 14.8 Å². The van der Waals surface area contributed by atoms with Crippen molar-refractivity contribution in [2.75, 3.05) is 26.2 Å². The Balaban J connectivity index is 1.22. The van der Waals surface area contributed by atoms with Crippen molar-refractivity contribution >= 4 is 11.8 Å². The van der Waals surface area contributed by atoms with Crippen LogP contribution in [0.1, 0.15) is 23.2 Å². The van der Waals surface area contributed by atoms with Crippen LogP contribution >= 0.6 is 0 Å². The largest absolute Gasteiger partial charge is 0.485 e. The fraction of sp³-hybridized carbons (Fsp3) is 0.381. The van der Waals surface area contributed by atoms with Gasteiger partial charge in [0.1, 0.15) is 6.61 Å². The average Bonchev–Trinajstić information content (AvgIpc) is 2.77. The second-order valence-electron chi connectivity index (χ2n) is 7.09. The van der Waals surface area contributed by atoms with Crippen LogP contribution in [0.25, 0.3) is 0 Å². The minimum atomic E-state index is -0.637. The maximum Gasteiger partial charge on any atom is 0.264 e. The summed E-state index contributed by atoms with van der Waals surface area (Å²) in [6.45, 7) is 2.16. The van der Waals surface area contributed by atoms with Gasteiger partial charge < -0.3 is 19.7 Å². The number of fused-ring (bicyclic) bond motifs is 1. The number of rotatable bonds is 4. The van der Waals surface area contributed by atoms with Crippen LogP contribution in [0.2, 0.25) is 0 Å². The first kappa shape index (κ1) is 18.3. The number of hydrogen-bond donors (Lipinski definition) is 1. The number of benzene rings is 1. The van der Waals surface area contributed by atoms with Gasteiger partial charge in [-0.2, -0.15) is 0 Å². The Morgan fingerprint density at radius 3 is 2.64 bits per heavy atom. The van der Waals surface area contributed by atoms with E-state index in [9.17, 15) is 9.59 Å². The van der Waals surface area contributed by atoms with Crippen molar-refractivity contribution in [3.8, 4) is 11.5 Å². The monoisotopic (exact) mass is 381 g/mol. The summed E-state index contributed by atoms with van der Waals surface area (Å²) < 4.78 is 11.3. The second kappa shape index (κ2) is 8.29. The molecule has 0 spiro atoms. The number of ether oxygens (including phenoxy) is 2. The molecule has 0 aliphatic carbocycles. The van der Waals surface area contributed by atoms with Gasteiger partial charge in [0.25, 0.3) is 11.8 Å². The number of piperidine rings is 1. The molecule has 146 valence electrons. The van der Waals surface area contributed by atoms with Crippen LogP contribution in [0.5, 0.6) is 11.5 Å². The highest BCUT2D eigenvalue weighted by molar-refractivity contribution is 5.93. The molecule has 1 atom stereocenters. The van der Waals surface area contributed by atoms with Crippen LogP contribution in [0, 0.1) is 5.92 Å². The summed E-state index contributed by atoms with van der Waals surface area (Å²) in [7, 11) is 0. The number of hydrogen-bond acceptors (Lipinski definition) is 5. The lowest BCUT2D eigenvalue weighted by Crippen LogP contribution is -2.47. The number of carbonyl (C=O) groups is 2. The molecule has 0 bridgehead atoms. The normalized spacial score (nSPS) is 19.1. The molecular weight excluding hydrogens is 358 g/mol. The lowest BCUT2D eigenvalue weighted by Gasteiger charge is -2.32. The lowest BCUT2D eigenvalue weighted by atomic mass is 9.96. The van der Waals surface area contributed by atoms with E-state index in [4.69, 9.17) is 9.47 Å². The highest BCUT2D eigenvalue weighted by Crippen LogP contribution is 2.30. The number of carbonyl (C=O) groups excluding carboxylic acids is 2. The third-order valence-corrected chi connectivity index (χ3v) is 5.18. The van der Waals surface area contributed by atoms with Gasteiger partial charge in [-0.3, -0.25) is 14.6 Å². The van der Waals surface area contributed by atoms with E-state index in [1.165, 1.54) is 0 Å². The smallest absolute Gasteiger partial charge is 0.264 e. The number of nitrogens with zero attached hydrogens (tertiary/aromatic N) is 2. The quantitative estimate of drug-likeness (QED) is 0.875. The van der Waals surface area contributed by atoms with E-state index in [-0.39, 0.29) is 18.4 Å². The highest BCUT2D eigenvalue weighted by Gasteiger charge is 2.29. The van der Waals surface area contributed by atoms with E-state index in [1.807, 2.05) is 23.1 Å². The van der Waals surface area contributed by atoms with E-state index in [2.05, 4.69) is 10.3 Å². The molecule has 4 rings (SSSR count). The number of pyridine rings is 1. The van der Waals surface area contributed by atoms with Crippen molar-refractivity contribution in [3.63, 3.8) is 0 Å². The molecule has 2 aromatic rings. The molecule has 2 aliphatic rings. The van der Waals surface area contributed by atoms with E-state index in [0.29, 0.717) is 42.6 Å². The van der Waals surface area contributed by atoms with Crippen molar-refractivity contribution in [2.24, 2.45) is 5.92 Å². The number of para-hydroxylation sites is 2. The fourth-order valence-electron chi connectivity index (χ4n) is 3.52. The Bertz CT molecular complexity index is 835. The molecule has 28 heavy (non-hydrogen) atoms. The molecule has 1 saturated heterocycles. The summed E-state index contributed by atoms with van der Waals surface area (Å²) in [4.78, 5) is 30.7. The SMILES string of the molecule is O=C(NCC1CCN(C(=O)c2cccnc2)CC1)C1COc2ccccc2O1. The number of nitrogens with one attached hydrogen (secondary N) is 1. The molecule has 1 N–H and O–H groups in total. The summed E-state index contributed by atoms with van der Waals surface area (Å²) in [5.41, 5.74) is 0.615. The van der Waals surface area contributed by atoms with Gasteiger partial charge in [-0.15, -0.1) is 0 Å². The first-order chi connectivity index (χ1) is 13.7. The number of aromatic nitrogens is 1. The Morgan fingerprint density at radius 1 is 1.11 bits per heavy atom. The molecule has 1 aromatic heterocycles. The summed E-state index contributed by atoms with van der Waals surface area (Å²) >= 11 is 0. The maximum atomic E-state index is 12.5. The van der Waals surface area contributed by atoms with Gasteiger partial charge in [0.15, 0.2) is 11.5 Å². The van der Waals surface area contributed by atoms with Gasteiger partial charge in [-0.25, -0.2) is 0 Å². The van der Waals surface area contributed by atoms with Crippen LogP contribution in [0.15, 0.2) is 48.8 Å². The van der Waals surface area contributed by atoms with Crippen LogP contribution in [-0.4, -0.2) is 54.0 Å². The van der Waals surface area contributed by atoms with Crippen molar-refractivity contribution in [2.45, 2.75) is 18.9 Å². The predicted molar refractivity (Wildman–Crippen MR) is 102 cm³/mol. The van der Waals surface area contributed by atoms with Gasteiger partial charge in [0.2, 0.25) is 6.10 Å². The van der Waals surface area contributed by atoms with Crippen LogP contribution in [-0.2, 0) is 4.79 Å². The average molecular weight is 381 g/mol. The standard InChI is InChI=1S/C21H23N3O4/c25-20(19-14-27-17-5-1-2-6-18(17)28-19)23-12-15-7-10-24(11-8-15)21(26)16-4-3-9-22-13-16/h1-6,9,13,15,19H,7-8,10-12,14H2,(H,23,25).